The topological polar surface area (TPSA) is 70.5 Å². The van der Waals surface area contributed by atoms with E-state index in [1.807, 2.05) is 19.1 Å². The molecule has 5 nitrogen and oxygen atoms in total. The van der Waals surface area contributed by atoms with Gasteiger partial charge in [-0.1, -0.05) is 53.6 Å². The summed E-state index contributed by atoms with van der Waals surface area (Å²) in [4.78, 5) is 31.2. The maximum atomic E-state index is 12.9. The molecule has 2 aromatic carbocycles. The number of rotatable bonds is 3. The average molecular weight is 411 g/mol. The molecule has 0 aliphatic carbocycles. The molecule has 1 aliphatic heterocycles. The van der Waals surface area contributed by atoms with Crippen LogP contribution in [-0.4, -0.2) is 21.8 Å². The maximum absolute atomic E-state index is 12.9. The van der Waals surface area contributed by atoms with E-state index >= 15 is 0 Å². The standard InChI is InChI=1S/C21H15ClN2O3S/c1-12-2-4-14(5-3-12)18(25)16-17(13-6-8-15(22)9-7-13)24(20(27)19(16)26)21-23-10-11-28-21/h2-11,17,25H,1H3/b18-16+/t17-/m1/s1. The number of anilines is 1. The molecule has 1 fully saturated rings. The first kappa shape index (κ1) is 18.4. The summed E-state index contributed by atoms with van der Waals surface area (Å²) in [6.07, 6.45) is 1.57. The van der Waals surface area contributed by atoms with Crippen LogP contribution >= 0.6 is 22.9 Å². The molecule has 0 spiro atoms. The first-order valence-electron chi connectivity index (χ1n) is 8.50. The first-order valence-corrected chi connectivity index (χ1v) is 9.76. The molecule has 0 unspecified atom stereocenters. The van der Waals surface area contributed by atoms with E-state index < -0.39 is 17.7 Å². The molecular weight excluding hydrogens is 396 g/mol. The number of halogens is 1. The number of thiazole rings is 1. The minimum absolute atomic E-state index is 0.0337. The molecule has 1 N–H and O–H groups in total. The van der Waals surface area contributed by atoms with Crippen LogP contribution < -0.4 is 4.90 Å². The fourth-order valence-corrected chi connectivity index (χ4v) is 3.99. The van der Waals surface area contributed by atoms with Gasteiger partial charge in [0.25, 0.3) is 5.78 Å². The third kappa shape index (κ3) is 3.10. The Morgan fingerprint density at radius 2 is 1.79 bits per heavy atom. The Morgan fingerprint density at radius 1 is 1.11 bits per heavy atom. The molecule has 1 saturated heterocycles. The minimum Gasteiger partial charge on any atom is -0.507 e. The van der Waals surface area contributed by atoms with Crippen LogP contribution in [0.4, 0.5) is 5.13 Å². The lowest BCUT2D eigenvalue weighted by Crippen LogP contribution is -2.29. The van der Waals surface area contributed by atoms with E-state index in [0.29, 0.717) is 21.3 Å². The summed E-state index contributed by atoms with van der Waals surface area (Å²) in [6.45, 7) is 1.93. The van der Waals surface area contributed by atoms with Crippen molar-refractivity contribution in [3.05, 3.63) is 87.4 Å². The molecule has 1 aliphatic rings. The van der Waals surface area contributed by atoms with Crippen molar-refractivity contribution in [3.8, 4) is 0 Å². The number of aromatic nitrogens is 1. The van der Waals surface area contributed by atoms with Gasteiger partial charge in [-0.25, -0.2) is 4.98 Å². The molecule has 1 atom stereocenters. The largest absolute Gasteiger partial charge is 0.507 e. The normalized spacial score (nSPS) is 18.6. The van der Waals surface area contributed by atoms with Gasteiger partial charge < -0.3 is 5.11 Å². The molecule has 3 aromatic rings. The van der Waals surface area contributed by atoms with Gasteiger partial charge in [0.15, 0.2) is 5.13 Å². The zero-order valence-corrected chi connectivity index (χ0v) is 16.4. The molecule has 2 heterocycles. The predicted octanol–water partition coefficient (Wildman–Crippen LogP) is 4.73. The zero-order valence-electron chi connectivity index (χ0n) is 14.8. The summed E-state index contributed by atoms with van der Waals surface area (Å²) < 4.78 is 0. The quantitative estimate of drug-likeness (QED) is 0.385. The number of carbonyl (C=O) groups excluding carboxylic acids is 2. The zero-order chi connectivity index (χ0) is 19.8. The van der Waals surface area contributed by atoms with Crippen LogP contribution in [0.15, 0.2) is 65.7 Å². The third-order valence-corrected chi connectivity index (χ3v) is 5.60. The summed E-state index contributed by atoms with van der Waals surface area (Å²) in [5.74, 6) is -1.67. The number of Topliss-reactive ketones (excluding diaryl/α,β-unsaturated/α-hetero) is 1. The second-order valence-electron chi connectivity index (χ2n) is 6.40. The molecule has 0 radical (unpaired) electrons. The lowest BCUT2D eigenvalue weighted by Gasteiger charge is -2.23. The highest BCUT2D eigenvalue weighted by atomic mass is 35.5. The van der Waals surface area contributed by atoms with E-state index in [2.05, 4.69) is 4.98 Å². The second-order valence-corrected chi connectivity index (χ2v) is 7.71. The van der Waals surface area contributed by atoms with Gasteiger partial charge >= 0.3 is 5.91 Å². The number of amides is 1. The fraction of sp³-hybridized carbons (Fsp3) is 0.0952. The summed E-state index contributed by atoms with van der Waals surface area (Å²) in [5, 5.41) is 13.6. The van der Waals surface area contributed by atoms with E-state index in [1.54, 1.807) is 48.0 Å². The molecule has 4 rings (SSSR count). The van der Waals surface area contributed by atoms with Gasteiger partial charge in [-0.2, -0.15) is 0 Å². The molecule has 7 heteroatoms. The van der Waals surface area contributed by atoms with E-state index in [0.717, 1.165) is 5.56 Å². The summed E-state index contributed by atoms with van der Waals surface area (Å²) in [6, 6.07) is 13.2. The van der Waals surface area contributed by atoms with Crippen LogP contribution in [-0.2, 0) is 9.59 Å². The van der Waals surface area contributed by atoms with Crippen molar-refractivity contribution in [1.82, 2.24) is 4.98 Å². The van der Waals surface area contributed by atoms with Gasteiger partial charge in [0.2, 0.25) is 0 Å². The van der Waals surface area contributed by atoms with Gasteiger partial charge in [-0.15, -0.1) is 11.3 Å². The van der Waals surface area contributed by atoms with Gasteiger partial charge in [0, 0.05) is 22.2 Å². The second kappa shape index (κ2) is 7.22. The van der Waals surface area contributed by atoms with Crippen LogP contribution in [0.3, 0.4) is 0 Å². The summed E-state index contributed by atoms with van der Waals surface area (Å²) in [7, 11) is 0. The molecule has 0 saturated carbocycles. The lowest BCUT2D eigenvalue weighted by molar-refractivity contribution is -0.132. The number of aliphatic hydroxyl groups is 1. The van der Waals surface area contributed by atoms with Gasteiger partial charge in [0.05, 0.1) is 11.6 Å². The van der Waals surface area contributed by atoms with E-state index in [4.69, 9.17) is 11.6 Å². The Labute approximate surface area is 170 Å². The Kier molecular flexibility index (Phi) is 4.75. The highest BCUT2D eigenvalue weighted by molar-refractivity contribution is 7.14. The third-order valence-electron chi connectivity index (χ3n) is 4.58. The maximum Gasteiger partial charge on any atom is 0.301 e. The summed E-state index contributed by atoms with van der Waals surface area (Å²) >= 11 is 7.25. The molecule has 1 amide bonds. The smallest absolute Gasteiger partial charge is 0.301 e. The Bertz CT molecular complexity index is 1070. The molecule has 1 aromatic heterocycles. The van der Waals surface area contributed by atoms with Crippen molar-refractivity contribution >= 4 is 45.5 Å². The number of carbonyl (C=O) groups is 2. The van der Waals surface area contributed by atoms with Gasteiger partial charge in [0.1, 0.15) is 5.76 Å². The van der Waals surface area contributed by atoms with Crippen LogP contribution in [0.5, 0.6) is 0 Å². The highest BCUT2D eigenvalue weighted by Gasteiger charge is 2.47. The average Bonchev–Trinajstić information content (AvgIpc) is 3.30. The molecule has 28 heavy (non-hydrogen) atoms. The molecule has 0 bridgehead atoms. The van der Waals surface area contributed by atoms with Gasteiger partial charge in [-0.3, -0.25) is 14.5 Å². The monoisotopic (exact) mass is 410 g/mol. The van der Waals surface area contributed by atoms with Crippen LogP contribution in [0.1, 0.15) is 22.7 Å². The van der Waals surface area contributed by atoms with Crippen molar-refractivity contribution in [2.45, 2.75) is 13.0 Å². The van der Waals surface area contributed by atoms with Crippen LogP contribution in [0.2, 0.25) is 5.02 Å². The van der Waals surface area contributed by atoms with E-state index in [-0.39, 0.29) is 11.3 Å². The number of nitrogens with zero attached hydrogens (tertiary/aromatic N) is 2. The van der Waals surface area contributed by atoms with E-state index in [9.17, 15) is 14.7 Å². The lowest BCUT2D eigenvalue weighted by atomic mass is 9.95. The van der Waals surface area contributed by atoms with Crippen LogP contribution in [0, 0.1) is 6.92 Å². The van der Waals surface area contributed by atoms with Crippen molar-refractivity contribution < 1.29 is 14.7 Å². The molecular formula is C21H15ClN2O3S. The van der Waals surface area contributed by atoms with Crippen molar-refractivity contribution in [3.63, 3.8) is 0 Å². The Morgan fingerprint density at radius 3 is 2.39 bits per heavy atom. The minimum atomic E-state index is -0.787. The Hall–Kier alpha value is -2.96. The van der Waals surface area contributed by atoms with Crippen molar-refractivity contribution in [2.75, 3.05) is 4.90 Å². The Balaban J connectivity index is 1.93. The SMILES string of the molecule is Cc1ccc(/C(O)=C2\C(=O)C(=O)N(c3nccs3)[C@@H]2c2ccc(Cl)cc2)cc1. The van der Waals surface area contributed by atoms with Gasteiger partial charge in [-0.05, 0) is 24.6 Å². The molecule has 140 valence electrons. The first-order chi connectivity index (χ1) is 13.5. The predicted molar refractivity (Wildman–Crippen MR) is 110 cm³/mol. The number of hydrogen-bond donors (Lipinski definition) is 1. The van der Waals surface area contributed by atoms with E-state index in [1.165, 1.54) is 16.2 Å². The van der Waals surface area contributed by atoms with Crippen LogP contribution in [0.25, 0.3) is 5.76 Å². The highest BCUT2D eigenvalue weighted by Crippen LogP contribution is 2.42. The van der Waals surface area contributed by atoms with Crippen molar-refractivity contribution in [1.29, 1.82) is 0 Å². The number of benzene rings is 2. The van der Waals surface area contributed by atoms with Crippen molar-refractivity contribution in [2.24, 2.45) is 0 Å². The number of aliphatic hydroxyl groups excluding tert-OH is 1. The number of ketones is 1. The number of aryl methyl sites for hydroxylation is 1. The fourth-order valence-electron chi connectivity index (χ4n) is 3.19. The number of hydrogen-bond acceptors (Lipinski definition) is 5. The summed E-state index contributed by atoms with van der Waals surface area (Å²) in [5.41, 5.74) is 2.19.